The lowest BCUT2D eigenvalue weighted by Crippen LogP contribution is -2.48. The number of carbonyl (C=O) groups excluding carboxylic acids is 1. The monoisotopic (exact) mass is 333 g/mol. The Hall–Kier alpha value is -1.85. The lowest BCUT2D eigenvalue weighted by atomic mass is 10.1. The molecule has 0 aliphatic carbocycles. The highest BCUT2D eigenvalue weighted by Crippen LogP contribution is 2.18. The largest absolute Gasteiger partial charge is 0.361 e. The Labute approximate surface area is 140 Å². The fourth-order valence-corrected chi connectivity index (χ4v) is 3.05. The first-order chi connectivity index (χ1) is 11.0. The molecule has 1 aliphatic rings. The van der Waals surface area contributed by atoms with Gasteiger partial charge in [-0.15, -0.1) is 0 Å². The van der Waals surface area contributed by atoms with Gasteiger partial charge in [0.1, 0.15) is 5.76 Å². The highest BCUT2D eigenvalue weighted by Gasteiger charge is 2.23. The molecule has 6 heteroatoms. The predicted octanol–water partition coefficient (Wildman–Crippen LogP) is 2.90. The normalized spacial score (nSPS) is 15.9. The van der Waals surface area contributed by atoms with Crippen LogP contribution in [0.5, 0.6) is 0 Å². The van der Waals surface area contributed by atoms with Crippen LogP contribution in [0.4, 0.5) is 0 Å². The first-order valence-corrected chi connectivity index (χ1v) is 8.11. The van der Waals surface area contributed by atoms with E-state index in [1.807, 2.05) is 30.9 Å². The van der Waals surface area contributed by atoms with Crippen molar-refractivity contribution in [3.63, 3.8) is 0 Å². The molecule has 1 amide bonds. The minimum atomic E-state index is 0.0458. The van der Waals surface area contributed by atoms with Crippen LogP contribution in [0.15, 0.2) is 28.8 Å². The van der Waals surface area contributed by atoms with E-state index in [4.69, 9.17) is 16.1 Å². The van der Waals surface area contributed by atoms with Crippen LogP contribution in [-0.4, -0.2) is 47.0 Å². The van der Waals surface area contributed by atoms with Gasteiger partial charge in [0.2, 0.25) is 0 Å². The summed E-state index contributed by atoms with van der Waals surface area (Å²) in [6.45, 7) is 7.84. The van der Waals surface area contributed by atoms with Gasteiger partial charge in [0, 0.05) is 48.9 Å². The highest BCUT2D eigenvalue weighted by molar-refractivity contribution is 6.30. The molecule has 2 heterocycles. The van der Waals surface area contributed by atoms with Gasteiger partial charge < -0.3 is 9.42 Å². The third-order valence-electron chi connectivity index (χ3n) is 4.29. The summed E-state index contributed by atoms with van der Waals surface area (Å²) < 4.78 is 5.21. The number of piperazine rings is 1. The Kier molecular flexibility index (Phi) is 4.68. The molecule has 0 unspecified atom stereocenters. The molecule has 0 saturated carbocycles. The van der Waals surface area contributed by atoms with Crippen LogP contribution in [0.3, 0.4) is 0 Å². The summed E-state index contributed by atoms with van der Waals surface area (Å²) in [7, 11) is 0. The maximum Gasteiger partial charge on any atom is 0.253 e. The number of amides is 1. The number of carbonyl (C=O) groups is 1. The Morgan fingerprint density at radius 1 is 1.26 bits per heavy atom. The summed E-state index contributed by atoms with van der Waals surface area (Å²) in [5, 5.41) is 4.58. The van der Waals surface area contributed by atoms with Gasteiger partial charge in [0.15, 0.2) is 0 Å². The molecule has 1 saturated heterocycles. The molecule has 0 atom stereocenters. The van der Waals surface area contributed by atoms with E-state index in [0.29, 0.717) is 23.7 Å². The van der Waals surface area contributed by atoms with Crippen molar-refractivity contribution >= 4 is 17.5 Å². The molecule has 23 heavy (non-hydrogen) atoms. The highest BCUT2D eigenvalue weighted by atomic mass is 35.5. The second-order valence-electron chi connectivity index (χ2n) is 5.88. The zero-order chi connectivity index (χ0) is 16.4. The van der Waals surface area contributed by atoms with Gasteiger partial charge in [-0.25, -0.2) is 0 Å². The smallest absolute Gasteiger partial charge is 0.253 e. The Morgan fingerprint density at radius 3 is 2.61 bits per heavy atom. The number of aromatic nitrogens is 1. The molecule has 2 aromatic rings. The van der Waals surface area contributed by atoms with Crippen molar-refractivity contribution < 1.29 is 9.32 Å². The average Bonchev–Trinajstić information content (AvgIpc) is 2.87. The quantitative estimate of drug-likeness (QED) is 0.866. The van der Waals surface area contributed by atoms with Gasteiger partial charge in [-0.2, -0.15) is 0 Å². The second-order valence-corrected chi connectivity index (χ2v) is 6.32. The standard InChI is InChI=1S/C17H20ClN3O2/c1-12-16(13(2)23-19-12)11-20-6-8-21(9-7-20)17(22)14-4-3-5-15(18)10-14/h3-5,10H,6-9,11H2,1-2H3. The average molecular weight is 334 g/mol. The number of hydrogen-bond acceptors (Lipinski definition) is 4. The minimum Gasteiger partial charge on any atom is -0.361 e. The van der Waals surface area contributed by atoms with Crippen molar-refractivity contribution in [3.8, 4) is 0 Å². The molecule has 3 rings (SSSR count). The first kappa shape index (κ1) is 16.0. The summed E-state index contributed by atoms with van der Waals surface area (Å²) in [6, 6.07) is 7.12. The topological polar surface area (TPSA) is 49.6 Å². The lowest BCUT2D eigenvalue weighted by molar-refractivity contribution is 0.0627. The molecule has 0 bridgehead atoms. The van der Waals surface area contributed by atoms with E-state index >= 15 is 0 Å². The zero-order valence-corrected chi connectivity index (χ0v) is 14.1. The summed E-state index contributed by atoms with van der Waals surface area (Å²) >= 11 is 5.97. The van der Waals surface area contributed by atoms with Crippen molar-refractivity contribution in [3.05, 3.63) is 51.9 Å². The third kappa shape index (κ3) is 3.57. The molecule has 0 spiro atoms. The van der Waals surface area contributed by atoms with Crippen LogP contribution in [0.25, 0.3) is 0 Å². The van der Waals surface area contributed by atoms with Crippen LogP contribution in [0.1, 0.15) is 27.4 Å². The van der Waals surface area contributed by atoms with Crippen LogP contribution in [-0.2, 0) is 6.54 Å². The maximum atomic E-state index is 12.5. The number of aryl methyl sites for hydroxylation is 2. The number of halogens is 1. The van der Waals surface area contributed by atoms with Crippen molar-refractivity contribution in [2.45, 2.75) is 20.4 Å². The van der Waals surface area contributed by atoms with Crippen LogP contribution in [0, 0.1) is 13.8 Å². The summed E-state index contributed by atoms with van der Waals surface area (Å²) in [5.74, 6) is 0.921. The van der Waals surface area contributed by atoms with Gasteiger partial charge in [-0.05, 0) is 32.0 Å². The molecular formula is C17H20ClN3O2. The minimum absolute atomic E-state index is 0.0458. The number of rotatable bonds is 3. The van der Waals surface area contributed by atoms with E-state index < -0.39 is 0 Å². The van der Waals surface area contributed by atoms with Gasteiger partial charge in [0.25, 0.3) is 5.91 Å². The second kappa shape index (κ2) is 6.72. The fraction of sp³-hybridized carbons (Fsp3) is 0.412. The summed E-state index contributed by atoms with van der Waals surface area (Å²) in [5.41, 5.74) is 2.75. The SMILES string of the molecule is Cc1noc(C)c1CN1CCN(C(=O)c2cccc(Cl)c2)CC1. The molecule has 0 radical (unpaired) electrons. The molecule has 1 fully saturated rings. The van der Waals surface area contributed by atoms with E-state index in [0.717, 1.165) is 36.7 Å². The first-order valence-electron chi connectivity index (χ1n) is 7.73. The molecule has 1 aromatic heterocycles. The maximum absolute atomic E-state index is 12.5. The van der Waals surface area contributed by atoms with E-state index in [-0.39, 0.29) is 5.91 Å². The van der Waals surface area contributed by atoms with E-state index in [1.54, 1.807) is 12.1 Å². The Morgan fingerprint density at radius 2 is 2.00 bits per heavy atom. The van der Waals surface area contributed by atoms with Crippen molar-refractivity contribution in [2.75, 3.05) is 26.2 Å². The van der Waals surface area contributed by atoms with Crippen LogP contribution >= 0.6 is 11.6 Å². The van der Waals surface area contributed by atoms with Crippen molar-refractivity contribution in [2.24, 2.45) is 0 Å². The van der Waals surface area contributed by atoms with E-state index in [1.165, 1.54) is 0 Å². The van der Waals surface area contributed by atoms with Crippen molar-refractivity contribution in [1.82, 2.24) is 15.0 Å². The third-order valence-corrected chi connectivity index (χ3v) is 4.53. The number of benzene rings is 1. The van der Waals surface area contributed by atoms with Crippen molar-refractivity contribution in [1.29, 1.82) is 0 Å². The van der Waals surface area contributed by atoms with E-state index in [2.05, 4.69) is 10.1 Å². The molecule has 1 aromatic carbocycles. The van der Waals surface area contributed by atoms with Crippen LogP contribution < -0.4 is 0 Å². The lowest BCUT2D eigenvalue weighted by Gasteiger charge is -2.34. The molecule has 0 N–H and O–H groups in total. The van der Waals surface area contributed by atoms with Gasteiger partial charge in [-0.3, -0.25) is 9.69 Å². The Balaban J connectivity index is 1.59. The molecule has 122 valence electrons. The van der Waals surface area contributed by atoms with Gasteiger partial charge >= 0.3 is 0 Å². The summed E-state index contributed by atoms with van der Waals surface area (Å²) in [6.07, 6.45) is 0. The predicted molar refractivity (Wildman–Crippen MR) is 88.6 cm³/mol. The number of nitrogens with zero attached hydrogens (tertiary/aromatic N) is 3. The fourth-order valence-electron chi connectivity index (χ4n) is 2.86. The van der Waals surface area contributed by atoms with Crippen LogP contribution in [0.2, 0.25) is 5.02 Å². The zero-order valence-electron chi connectivity index (χ0n) is 13.4. The molecule has 5 nitrogen and oxygen atoms in total. The van der Waals surface area contributed by atoms with Gasteiger partial charge in [-0.1, -0.05) is 22.8 Å². The Bertz CT molecular complexity index is 686. The molecule has 1 aliphatic heterocycles. The number of hydrogen-bond donors (Lipinski definition) is 0. The van der Waals surface area contributed by atoms with E-state index in [9.17, 15) is 4.79 Å². The molecular weight excluding hydrogens is 314 g/mol. The summed E-state index contributed by atoms with van der Waals surface area (Å²) in [4.78, 5) is 16.7. The van der Waals surface area contributed by atoms with Gasteiger partial charge in [0.05, 0.1) is 5.69 Å².